The first-order chi connectivity index (χ1) is 29.6. The molecule has 1 saturated heterocycles. The van der Waals surface area contributed by atoms with Crippen LogP contribution < -0.4 is 44.9 Å². The van der Waals surface area contributed by atoms with E-state index >= 15 is 0 Å². The van der Waals surface area contributed by atoms with Crippen molar-refractivity contribution in [3.05, 3.63) is 90.1 Å². The second-order valence-electron chi connectivity index (χ2n) is 15.8. The number of pyridine rings is 1. The van der Waals surface area contributed by atoms with Gasteiger partial charge < -0.3 is 40.1 Å². The molecule has 16 nitrogen and oxygen atoms in total. The number of nitrogens with two attached hydrogens (primary N) is 1. The van der Waals surface area contributed by atoms with E-state index in [4.69, 9.17) is 29.4 Å². The third-order valence-corrected chi connectivity index (χ3v) is 10.8. The average Bonchev–Trinajstić information content (AvgIpc) is 3.23. The molecule has 4 aromatic carbocycles. The van der Waals surface area contributed by atoms with E-state index in [0.29, 0.717) is 57.5 Å². The number of nitrogens with zero attached hydrogens (tertiary/aromatic N) is 3. The van der Waals surface area contributed by atoms with E-state index in [2.05, 4.69) is 25.2 Å². The number of morpholine rings is 1. The van der Waals surface area contributed by atoms with Crippen LogP contribution in [-0.4, -0.2) is 97.2 Å². The number of rotatable bonds is 17. The van der Waals surface area contributed by atoms with Gasteiger partial charge in [0.1, 0.15) is 34.4 Å². The molecular weight excluding hydrogens is 815 g/mol. The molecular formula is C45H55N7O9S. The van der Waals surface area contributed by atoms with Gasteiger partial charge in [-0.25, -0.2) is 18.2 Å². The van der Waals surface area contributed by atoms with Crippen LogP contribution >= 0.6 is 0 Å². The minimum Gasteiger partial charge on any atom is -0.496 e. The highest BCUT2D eigenvalue weighted by Crippen LogP contribution is 2.46. The normalized spacial score (nSPS) is 13.3. The number of benzene rings is 4. The zero-order valence-corrected chi connectivity index (χ0v) is 37.0. The first-order valence-corrected chi connectivity index (χ1v) is 22.1. The summed E-state index contributed by atoms with van der Waals surface area (Å²) in [5.41, 5.74) is 8.07. The molecule has 5 aromatic rings. The predicted octanol–water partition coefficient (Wildman–Crippen LogP) is 7.52. The lowest BCUT2D eigenvalue weighted by atomic mass is 9.86. The number of aromatic nitrogens is 1. The van der Waals surface area contributed by atoms with Gasteiger partial charge in [-0.05, 0) is 60.7 Å². The summed E-state index contributed by atoms with van der Waals surface area (Å²) in [5.74, 6) is 1.83. The van der Waals surface area contributed by atoms with Gasteiger partial charge in [0, 0.05) is 60.5 Å². The van der Waals surface area contributed by atoms with Gasteiger partial charge in [-0.15, -0.1) is 0 Å². The van der Waals surface area contributed by atoms with Crippen LogP contribution in [0.5, 0.6) is 28.7 Å². The maximum absolute atomic E-state index is 13.4. The number of hydrogen-bond donors (Lipinski definition) is 4. The Bertz CT molecular complexity index is 2500. The van der Waals surface area contributed by atoms with Gasteiger partial charge in [0.2, 0.25) is 10.0 Å². The van der Waals surface area contributed by atoms with Crippen LogP contribution in [0.1, 0.15) is 49.5 Å². The fraction of sp³-hybridized carbons (Fsp3) is 0.356. The Morgan fingerprint density at radius 1 is 0.871 bits per heavy atom. The molecule has 0 aliphatic carbocycles. The van der Waals surface area contributed by atoms with Gasteiger partial charge in [-0.1, -0.05) is 45.0 Å². The Morgan fingerprint density at radius 2 is 1.56 bits per heavy atom. The fourth-order valence-electron chi connectivity index (χ4n) is 7.21. The summed E-state index contributed by atoms with van der Waals surface area (Å²) in [6.45, 7) is 10.8. The standard InChI is InChI=1S/C45H55N7O9S/c1-45(2,3)29-24-34(50-62(7,55)56)42(59-6)36(25-29)52(44(46)54)35-14-15-37(33-13-9-8-12-32(33)35)61-31-16-18-47-40(28-31)49-30-26-38(57-4)41(39(27-30)58-5)43(53)48-17-10-11-19-51-20-22-60-23-21-51/h8-9,12-16,18,24-28,50H,10-11,17,19-23H2,1-7H3,(H2,46,54)(H,47,49)(H,48,53). The van der Waals surface area contributed by atoms with Crippen molar-refractivity contribution < 1.29 is 41.7 Å². The highest BCUT2D eigenvalue weighted by Gasteiger charge is 2.29. The Hall–Kier alpha value is -6.30. The molecule has 17 heteroatoms. The number of methoxy groups -OCH3 is 3. The maximum Gasteiger partial charge on any atom is 0.324 e. The predicted molar refractivity (Wildman–Crippen MR) is 242 cm³/mol. The van der Waals surface area contributed by atoms with Crippen molar-refractivity contribution in [3.63, 3.8) is 0 Å². The van der Waals surface area contributed by atoms with Gasteiger partial charge in [0.15, 0.2) is 5.75 Å². The number of sulfonamides is 1. The number of amides is 3. The number of anilines is 5. The summed E-state index contributed by atoms with van der Waals surface area (Å²) >= 11 is 0. The highest BCUT2D eigenvalue weighted by atomic mass is 32.2. The van der Waals surface area contributed by atoms with Crippen molar-refractivity contribution in [2.75, 3.05) is 81.9 Å². The maximum atomic E-state index is 13.4. The number of primary amides is 1. The molecule has 6 rings (SSSR count). The van der Waals surface area contributed by atoms with E-state index < -0.39 is 21.5 Å². The number of urea groups is 1. The lowest BCUT2D eigenvalue weighted by Crippen LogP contribution is -2.37. The molecule has 0 spiro atoms. The average molecular weight is 870 g/mol. The van der Waals surface area contributed by atoms with E-state index in [1.165, 1.54) is 26.2 Å². The lowest BCUT2D eigenvalue weighted by Gasteiger charge is -2.29. The molecule has 0 unspecified atom stereocenters. The molecule has 1 fully saturated rings. The first kappa shape index (κ1) is 45.2. The highest BCUT2D eigenvalue weighted by molar-refractivity contribution is 7.92. The monoisotopic (exact) mass is 869 g/mol. The van der Waals surface area contributed by atoms with E-state index in [1.54, 1.807) is 54.7 Å². The smallest absolute Gasteiger partial charge is 0.324 e. The number of carbonyl (C=O) groups is 2. The van der Waals surface area contributed by atoms with E-state index in [0.717, 1.165) is 57.5 Å². The van der Waals surface area contributed by atoms with Gasteiger partial charge >= 0.3 is 6.03 Å². The second kappa shape index (κ2) is 19.6. The molecule has 62 heavy (non-hydrogen) atoms. The Balaban J connectivity index is 1.25. The molecule has 1 aliphatic heterocycles. The summed E-state index contributed by atoms with van der Waals surface area (Å²) in [7, 11) is 0.659. The molecule has 2 heterocycles. The molecule has 330 valence electrons. The van der Waals surface area contributed by atoms with E-state index in [-0.39, 0.29) is 28.6 Å². The number of unbranched alkanes of at least 4 members (excludes halogenated alkanes) is 1. The summed E-state index contributed by atoms with van der Waals surface area (Å²) < 4.78 is 56.3. The minimum atomic E-state index is -3.73. The Kier molecular flexibility index (Phi) is 14.3. The molecule has 5 N–H and O–H groups in total. The molecule has 0 atom stereocenters. The van der Waals surface area contributed by atoms with Crippen molar-refractivity contribution in [1.82, 2.24) is 15.2 Å². The largest absolute Gasteiger partial charge is 0.496 e. The molecule has 3 amide bonds. The van der Waals surface area contributed by atoms with Crippen LogP contribution in [-0.2, 0) is 20.2 Å². The van der Waals surface area contributed by atoms with Crippen molar-refractivity contribution in [2.45, 2.75) is 39.0 Å². The van der Waals surface area contributed by atoms with E-state index in [9.17, 15) is 18.0 Å². The van der Waals surface area contributed by atoms with Gasteiger partial charge in [0.25, 0.3) is 5.91 Å². The third kappa shape index (κ3) is 11.0. The topological polar surface area (TPSA) is 196 Å². The Labute approximate surface area is 362 Å². The van der Waals surface area contributed by atoms with Crippen molar-refractivity contribution in [2.24, 2.45) is 5.73 Å². The molecule has 0 saturated carbocycles. The number of carbonyl (C=O) groups excluding carboxylic acids is 2. The quantitative estimate of drug-likeness (QED) is 0.0672. The Morgan fingerprint density at radius 3 is 2.19 bits per heavy atom. The summed E-state index contributed by atoms with van der Waals surface area (Å²) in [4.78, 5) is 34.9. The molecule has 0 bridgehead atoms. The third-order valence-electron chi connectivity index (χ3n) is 10.3. The van der Waals surface area contributed by atoms with Crippen LogP contribution in [0.3, 0.4) is 0 Å². The minimum absolute atomic E-state index is 0.113. The van der Waals surface area contributed by atoms with Crippen LogP contribution in [0.4, 0.5) is 33.4 Å². The van der Waals surface area contributed by atoms with Crippen LogP contribution in [0.15, 0.2) is 79.0 Å². The molecule has 1 aliphatic rings. The molecule has 0 radical (unpaired) electrons. The molecule has 1 aromatic heterocycles. The van der Waals surface area contributed by atoms with Gasteiger partial charge in [-0.2, -0.15) is 0 Å². The SMILES string of the molecule is COc1cc(Nc2cc(Oc3ccc(N(C(N)=O)c4cc(C(C)(C)C)cc(NS(C)(=O)=O)c4OC)c4ccccc34)ccn2)cc(OC)c1C(=O)NCCCCN1CCOCC1. The van der Waals surface area contributed by atoms with Crippen molar-refractivity contribution in [3.8, 4) is 28.7 Å². The summed E-state index contributed by atoms with van der Waals surface area (Å²) in [5, 5.41) is 7.54. The first-order valence-electron chi connectivity index (χ1n) is 20.2. The number of hydrogen-bond acceptors (Lipinski definition) is 12. The summed E-state index contributed by atoms with van der Waals surface area (Å²) in [6.07, 6.45) is 4.42. The lowest BCUT2D eigenvalue weighted by molar-refractivity contribution is 0.0372. The summed E-state index contributed by atoms with van der Waals surface area (Å²) in [6, 6.07) is 20.3. The number of fused-ring (bicyclic) bond motifs is 1. The number of ether oxygens (including phenoxy) is 5. The van der Waals surface area contributed by atoms with E-state index in [1.807, 2.05) is 45.0 Å². The van der Waals surface area contributed by atoms with Crippen molar-refractivity contribution >= 4 is 61.3 Å². The fourth-order valence-corrected chi connectivity index (χ4v) is 7.76. The van der Waals surface area contributed by atoms with Gasteiger partial charge in [0.05, 0.1) is 57.9 Å². The van der Waals surface area contributed by atoms with Crippen LogP contribution in [0.25, 0.3) is 10.8 Å². The zero-order chi connectivity index (χ0) is 44.6. The van der Waals surface area contributed by atoms with Crippen molar-refractivity contribution in [1.29, 1.82) is 0 Å². The second-order valence-corrected chi connectivity index (χ2v) is 17.5. The van der Waals surface area contributed by atoms with Crippen LogP contribution in [0.2, 0.25) is 0 Å². The van der Waals surface area contributed by atoms with Gasteiger partial charge in [-0.3, -0.25) is 19.3 Å². The zero-order valence-electron chi connectivity index (χ0n) is 36.2. The number of nitrogens with one attached hydrogen (secondary N) is 3. The van der Waals surface area contributed by atoms with Crippen LogP contribution in [0, 0.1) is 0 Å².